The first kappa shape index (κ1) is 9.78. The Kier molecular flexibility index (Phi) is 3.03. The Labute approximate surface area is 90.0 Å². The molecule has 0 unspecified atom stereocenters. The van der Waals surface area contributed by atoms with E-state index in [-0.39, 0.29) is 0 Å². The molecule has 0 atom stereocenters. The fraction of sp³-hybridized carbons (Fsp3) is 0.143. The molecule has 0 aliphatic rings. The van der Waals surface area contributed by atoms with E-state index in [1.165, 1.54) is 10.8 Å². The van der Waals surface area contributed by atoms with Crippen molar-refractivity contribution in [1.82, 2.24) is 0 Å². The molecule has 2 rings (SSSR count). The Balaban J connectivity index is 2.34. The summed E-state index contributed by atoms with van der Waals surface area (Å²) in [5.41, 5.74) is 0. The number of hydrogen-bond donors (Lipinski definition) is 0. The SMILES string of the molecule is C/C=C/COc1cccc2ccccc12. The van der Waals surface area contributed by atoms with Crippen molar-refractivity contribution in [3.63, 3.8) is 0 Å². The maximum Gasteiger partial charge on any atom is 0.127 e. The second kappa shape index (κ2) is 4.65. The van der Waals surface area contributed by atoms with E-state index in [1.54, 1.807) is 0 Å². The van der Waals surface area contributed by atoms with Crippen molar-refractivity contribution < 1.29 is 4.74 Å². The molecule has 0 fully saturated rings. The van der Waals surface area contributed by atoms with Crippen LogP contribution in [-0.2, 0) is 0 Å². The van der Waals surface area contributed by atoms with E-state index in [2.05, 4.69) is 18.2 Å². The smallest absolute Gasteiger partial charge is 0.127 e. The van der Waals surface area contributed by atoms with E-state index in [0.717, 1.165) is 5.75 Å². The highest BCUT2D eigenvalue weighted by molar-refractivity contribution is 5.88. The van der Waals surface area contributed by atoms with Crippen LogP contribution in [0.15, 0.2) is 54.6 Å². The molecule has 0 bridgehead atoms. The summed E-state index contributed by atoms with van der Waals surface area (Å²) in [7, 11) is 0. The van der Waals surface area contributed by atoms with Gasteiger partial charge in [-0.2, -0.15) is 0 Å². The molecule has 0 saturated heterocycles. The van der Waals surface area contributed by atoms with Crippen LogP contribution in [0, 0.1) is 0 Å². The monoisotopic (exact) mass is 198 g/mol. The number of allylic oxidation sites excluding steroid dienone is 1. The molecule has 76 valence electrons. The third kappa shape index (κ3) is 2.18. The zero-order valence-corrected chi connectivity index (χ0v) is 8.81. The van der Waals surface area contributed by atoms with Gasteiger partial charge >= 0.3 is 0 Å². The van der Waals surface area contributed by atoms with E-state index >= 15 is 0 Å². The van der Waals surface area contributed by atoms with Gasteiger partial charge in [0, 0.05) is 5.39 Å². The molecule has 1 heteroatoms. The summed E-state index contributed by atoms with van der Waals surface area (Å²) in [6, 6.07) is 14.4. The van der Waals surface area contributed by atoms with Crippen LogP contribution in [0.25, 0.3) is 10.8 Å². The molecule has 1 nitrogen and oxygen atoms in total. The van der Waals surface area contributed by atoms with Gasteiger partial charge in [0.2, 0.25) is 0 Å². The van der Waals surface area contributed by atoms with Crippen LogP contribution in [0.2, 0.25) is 0 Å². The highest BCUT2D eigenvalue weighted by Gasteiger charge is 1.98. The molecule has 0 N–H and O–H groups in total. The lowest BCUT2D eigenvalue weighted by molar-refractivity contribution is 0.367. The third-order valence-corrected chi connectivity index (χ3v) is 2.32. The Bertz CT molecular complexity index is 466. The van der Waals surface area contributed by atoms with Gasteiger partial charge in [0.05, 0.1) is 0 Å². The normalized spacial score (nSPS) is 11.0. The fourth-order valence-corrected chi connectivity index (χ4v) is 1.56. The molecule has 15 heavy (non-hydrogen) atoms. The Hall–Kier alpha value is -1.76. The summed E-state index contributed by atoms with van der Waals surface area (Å²) >= 11 is 0. The average Bonchev–Trinajstić information content (AvgIpc) is 2.30. The quantitative estimate of drug-likeness (QED) is 0.682. The maximum atomic E-state index is 5.67. The molecule has 2 aromatic carbocycles. The predicted octanol–water partition coefficient (Wildman–Crippen LogP) is 3.79. The largest absolute Gasteiger partial charge is 0.489 e. The minimum absolute atomic E-state index is 0.629. The molecule has 0 saturated carbocycles. The van der Waals surface area contributed by atoms with Crippen molar-refractivity contribution in [2.75, 3.05) is 6.61 Å². The van der Waals surface area contributed by atoms with Gasteiger partial charge in [0.1, 0.15) is 12.4 Å². The Morgan fingerprint density at radius 1 is 1.07 bits per heavy atom. The Morgan fingerprint density at radius 2 is 1.87 bits per heavy atom. The van der Waals surface area contributed by atoms with Gasteiger partial charge in [-0.1, -0.05) is 48.6 Å². The van der Waals surface area contributed by atoms with Crippen molar-refractivity contribution >= 4 is 10.8 Å². The van der Waals surface area contributed by atoms with Crippen LogP contribution >= 0.6 is 0 Å². The summed E-state index contributed by atoms with van der Waals surface area (Å²) in [4.78, 5) is 0. The number of hydrogen-bond acceptors (Lipinski definition) is 1. The zero-order valence-electron chi connectivity index (χ0n) is 8.81. The lowest BCUT2D eigenvalue weighted by Gasteiger charge is -2.06. The molecule has 0 spiro atoms. The zero-order chi connectivity index (χ0) is 10.5. The molecular weight excluding hydrogens is 184 g/mol. The minimum Gasteiger partial charge on any atom is -0.489 e. The molecule has 0 radical (unpaired) electrons. The number of ether oxygens (including phenoxy) is 1. The standard InChI is InChI=1S/C14H14O/c1-2-3-11-15-14-10-6-8-12-7-4-5-9-13(12)14/h2-10H,11H2,1H3/b3-2+. The van der Waals surface area contributed by atoms with Crippen LogP contribution < -0.4 is 4.74 Å². The van der Waals surface area contributed by atoms with E-state index in [1.807, 2.05) is 43.3 Å². The van der Waals surface area contributed by atoms with Crippen molar-refractivity contribution in [2.45, 2.75) is 6.92 Å². The summed E-state index contributed by atoms with van der Waals surface area (Å²) in [5, 5.41) is 2.39. The highest BCUT2D eigenvalue weighted by Crippen LogP contribution is 2.24. The van der Waals surface area contributed by atoms with Crippen molar-refractivity contribution in [3.05, 3.63) is 54.6 Å². The maximum absolute atomic E-state index is 5.67. The summed E-state index contributed by atoms with van der Waals surface area (Å²) < 4.78 is 5.67. The van der Waals surface area contributed by atoms with Gasteiger partial charge in [0.25, 0.3) is 0 Å². The van der Waals surface area contributed by atoms with Gasteiger partial charge in [-0.05, 0) is 18.4 Å². The number of benzene rings is 2. The van der Waals surface area contributed by atoms with Crippen molar-refractivity contribution in [1.29, 1.82) is 0 Å². The molecule has 0 aliphatic carbocycles. The summed E-state index contributed by atoms with van der Waals surface area (Å²) in [6.45, 7) is 2.62. The van der Waals surface area contributed by atoms with E-state index in [4.69, 9.17) is 4.74 Å². The average molecular weight is 198 g/mol. The number of rotatable bonds is 3. The summed E-state index contributed by atoms with van der Waals surface area (Å²) in [5.74, 6) is 0.950. The summed E-state index contributed by atoms with van der Waals surface area (Å²) in [6.07, 6.45) is 3.99. The first-order chi connectivity index (χ1) is 7.42. The van der Waals surface area contributed by atoms with Crippen LogP contribution in [0.5, 0.6) is 5.75 Å². The van der Waals surface area contributed by atoms with E-state index in [0.29, 0.717) is 6.61 Å². The Morgan fingerprint density at radius 3 is 2.73 bits per heavy atom. The van der Waals surface area contributed by atoms with Gasteiger partial charge in [-0.15, -0.1) is 0 Å². The van der Waals surface area contributed by atoms with Crippen molar-refractivity contribution in [3.8, 4) is 5.75 Å². The van der Waals surface area contributed by atoms with Gasteiger partial charge in [0.15, 0.2) is 0 Å². The van der Waals surface area contributed by atoms with Crippen LogP contribution in [0.4, 0.5) is 0 Å². The third-order valence-electron chi connectivity index (χ3n) is 2.32. The molecule has 0 aromatic heterocycles. The molecule has 0 amide bonds. The molecule has 0 aliphatic heterocycles. The number of fused-ring (bicyclic) bond motifs is 1. The van der Waals surface area contributed by atoms with E-state index < -0.39 is 0 Å². The molecule has 0 heterocycles. The van der Waals surface area contributed by atoms with E-state index in [9.17, 15) is 0 Å². The lowest BCUT2D eigenvalue weighted by atomic mass is 10.1. The topological polar surface area (TPSA) is 9.23 Å². The highest BCUT2D eigenvalue weighted by atomic mass is 16.5. The van der Waals surface area contributed by atoms with Gasteiger partial charge < -0.3 is 4.74 Å². The van der Waals surface area contributed by atoms with Gasteiger partial charge in [-0.3, -0.25) is 0 Å². The first-order valence-electron chi connectivity index (χ1n) is 5.13. The second-order valence-corrected chi connectivity index (χ2v) is 3.36. The van der Waals surface area contributed by atoms with Crippen LogP contribution in [0.3, 0.4) is 0 Å². The lowest BCUT2D eigenvalue weighted by Crippen LogP contribution is -1.93. The predicted molar refractivity (Wildman–Crippen MR) is 64.3 cm³/mol. The van der Waals surface area contributed by atoms with Crippen LogP contribution in [-0.4, -0.2) is 6.61 Å². The first-order valence-corrected chi connectivity index (χ1v) is 5.13. The molecular formula is C14H14O. The second-order valence-electron chi connectivity index (χ2n) is 3.36. The minimum atomic E-state index is 0.629. The van der Waals surface area contributed by atoms with Crippen molar-refractivity contribution in [2.24, 2.45) is 0 Å². The van der Waals surface area contributed by atoms with Crippen LogP contribution in [0.1, 0.15) is 6.92 Å². The fourth-order valence-electron chi connectivity index (χ4n) is 1.56. The molecule has 2 aromatic rings. The van der Waals surface area contributed by atoms with Gasteiger partial charge in [-0.25, -0.2) is 0 Å².